The Kier molecular flexibility index (Phi) is 5.27. The number of carbonyl (C=O) groups is 1. The summed E-state index contributed by atoms with van der Waals surface area (Å²) in [5, 5.41) is 9.22. The summed E-state index contributed by atoms with van der Waals surface area (Å²) in [6.07, 6.45) is -2.01. The van der Waals surface area contributed by atoms with Gasteiger partial charge in [-0.15, -0.1) is 0 Å². The SMILES string of the molecule is N#CC(COCc1ccccc1Cl)OC(N)=O. The molecule has 0 saturated carbocycles. The van der Waals surface area contributed by atoms with Crippen LogP contribution in [0, 0.1) is 11.3 Å². The van der Waals surface area contributed by atoms with Gasteiger partial charge in [0.05, 0.1) is 13.2 Å². The number of primary amides is 1. The molecule has 0 aliphatic heterocycles. The molecule has 0 saturated heterocycles. The Morgan fingerprint density at radius 2 is 2.24 bits per heavy atom. The standard InChI is InChI=1S/C11H11ClN2O3/c12-10-4-2-1-3-8(10)6-16-7-9(5-13)17-11(14)15/h1-4,9H,6-7H2,(H2,14,15). The van der Waals surface area contributed by atoms with Crippen molar-refractivity contribution in [3.8, 4) is 6.07 Å². The summed E-state index contributed by atoms with van der Waals surface area (Å²) in [4.78, 5) is 10.4. The average molecular weight is 255 g/mol. The minimum atomic E-state index is -1.00. The maximum absolute atomic E-state index is 10.4. The highest BCUT2D eigenvalue weighted by Gasteiger charge is 2.11. The normalized spacial score (nSPS) is 11.5. The molecule has 90 valence electrons. The van der Waals surface area contributed by atoms with Crippen LogP contribution in [0.4, 0.5) is 4.79 Å². The van der Waals surface area contributed by atoms with Gasteiger partial charge in [-0.25, -0.2) is 4.79 Å². The molecule has 0 spiro atoms. The number of halogens is 1. The van der Waals surface area contributed by atoms with E-state index in [0.29, 0.717) is 5.02 Å². The van der Waals surface area contributed by atoms with Gasteiger partial charge >= 0.3 is 6.09 Å². The Morgan fingerprint density at radius 3 is 2.82 bits per heavy atom. The zero-order valence-corrected chi connectivity index (χ0v) is 9.68. The van der Waals surface area contributed by atoms with Crippen molar-refractivity contribution in [2.45, 2.75) is 12.7 Å². The number of rotatable bonds is 5. The fourth-order valence-electron chi connectivity index (χ4n) is 1.13. The van der Waals surface area contributed by atoms with E-state index >= 15 is 0 Å². The molecule has 6 heteroatoms. The molecule has 0 aliphatic rings. The number of amides is 1. The summed E-state index contributed by atoms with van der Waals surface area (Å²) >= 11 is 5.91. The lowest BCUT2D eigenvalue weighted by Crippen LogP contribution is -2.25. The summed E-state index contributed by atoms with van der Waals surface area (Å²) in [6.45, 7) is 0.185. The predicted octanol–water partition coefficient (Wildman–Crippen LogP) is 1.84. The van der Waals surface area contributed by atoms with E-state index in [1.807, 2.05) is 6.07 Å². The van der Waals surface area contributed by atoms with E-state index in [9.17, 15) is 4.79 Å². The van der Waals surface area contributed by atoms with Crippen LogP contribution < -0.4 is 5.73 Å². The molecule has 1 aromatic rings. The number of carbonyl (C=O) groups excluding carboxylic acids is 1. The molecular weight excluding hydrogens is 244 g/mol. The van der Waals surface area contributed by atoms with Gasteiger partial charge < -0.3 is 15.2 Å². The number of nitriles is 1. The third-order valence-corrected chi connectivity index (χ3v) is 2.26. The molecule has 1 aromatic carbocycles. The quantitative estimate of drug-likeness (QED) is 0.869. The van der Waals surface area contributed by atoms with Crippen molar-refractivity contribution >= 4 is 17.7 Å². The summed E-state index contributed by atoms with van der Waals surface area (Å²) in [5.41, 5.74) is 5.58. The van der Waals surface area contributed by atoms with Gasteiger partial charge in [-0.2, -0.15) is 5.26 Å². The Hall–Kier alpha value is -1.77. The zero-order chi connectivity index (χ0) is 12.7. The van der Waals surface area contributed by atoms with Crippen molar-refractivity contribution < 1.29 is 14.3 Å². The number of benzene rings is 1. The molecule has 0 bridgehead atoms. The van der Waals surface area contributed by atoms with Crippen LogP contribution in [0.2, 0.25) is 5.02 Å². The average Bonchev–Trinajstić information content (AvgIpc) is 2.29. The van der Waals surface area contributed by atoms with Crippen LogP contribution in [-0.2, 0) is 16.1 Å². The molecule has 17 heavy (non-hydrogen) atoms. The highest BCUT2D eigenvalue weighted by molar-refractivity contribution is 6.31. The topological polar surface area (TPSA) is 85.3 Å². The van der Waals surface area contributed by atoms with E-state index < -0.39 is 12.2 Å². The van der Waals surface area contributed by atoms with Gasteiger partial charge in [0.15, 0.2) is 0 Å². The van der Waals surface area contributed by atoms with E-state index in [-0.39, 0.29) is 13.2 Å². The van der Waals surface area contributed by atoms with Crippen molar-refractivity contribution in [2.75, 3.05) is 6.61 Å². The first-order valence-corrected chi connectivity index (χ1v) is 5.18. The Labute approximate surface area is 104 Å². The zero-order valence-electron chi connectivity index (χ0n) is 8.93. The molecule has 0 fully saturated rings. The lowest BCUT2D eigenvalue weighted by molar-refractivity contribution is 0.0404. The number of ether oxygens (including phenoxy) is 2. The van der Waals surface area contributed by atoms with E-state index in [4.69, 9.17) is 27.3 Å². The first-order chi connectivity index (χ1) is 8.13. The van der Waals surface area contributed by atoms with Gasteiger partial charge in [0.1, 0.15) is 6.07 Å². The third kappa shape index (κ3) is 4.72. The molecule has 1 rings (SSSR count). The predicted molar refractivity (Wildman–Crippen MR) is 61.2 cm³/mol. The molecule has 2 N–H and O–H groups in total. The Balaban J connectivity index is 2.40. The van der Waals surface area contributed by atoms with Crippen LogP contribution in [0.25, 0.3) is 0 Å². The second-order valence-electron chi connectivity index (χ2n) is 3.16. The first-order valence-electron chi connectivity index (χ1n) is 4.80. The maximum Gasteiger partial charge on any atom is 0.405 e. The van der Waals surface area contributed by atoms with Gasteiger partial charge in [0, 0.05) is 5.02 Å². The van der Waals surface area contributed by atoms with Gasteiger partial charge in [-0.1, -0.05) is 29.8 Å². The third-order valence-electron chi connectivity index (χ3n) is 1.89. The smallest absolute Gasteiger partial charge is 0.405 e. The number of nitrogens with two attached hydrogens (primary N) is 1. The van der Waals surface area contributed by atoms with Crippen LogP contribution >= 0.6 is 11.6 Å². The molecule has 5 nitrogen and oxygen atoms in total. The Bertz CT molecular complexity index is 431. The van der Waals surface area contributed by atoms with E-state index in [1.165, 1.54) is 0 Å². The maximum atomic E-state index is 10.4. The molecule has 0 radical (unpaired) electrons. The minimum Gasteiger partial charge on any atom is -0.428 e. The fraction of sp³-hybridized carbons (Fsp3) is 0.273. The number of hydrogen-bond acceptors (Lipinski definition) is 4. The van der Waals surface area contributed by atoms with E-state index in [1.54, 1.807) is 24.3 Å². The molecule has 1 atom stereocenters. The summed E-state index contributed by atoms with van der Waals surface area (Å²) < 4.78 is 9.70. The van der Waals surface area contributed by atoms with Crippen LogP contribution in [0.1, 0.15) is 5.56 Å². The van der Waals surface area contributed by atoms with Crippen molar-refractivity contribution in [3.63, 3.8) is 0 Å². The van der Waals surface area contributed by atoms with Crippen LogP contribution in [-0.4, -0.2) is 18.8 Å². The van der Waals surface area contributed by atoms with Crippen molar-refractivity contribution in [3.05, 3.63) is 34.9 Å². The monoisotopic (exact) mass is 254 g/mol. The van der Waals surface area contributed by atoms with Crippen molar-refractivity contribution in [1.29, 1.82) is 5.26 Å². The lowest BCUT2D eigenvalue weighted by atomic mass is 10.2. The largest absolute Gasteiger partial charge is 0.428 e. The highest BCUT2D eigenvalue weighted by atomic mass is 35.5. The lowest BCUT2D eigenvalue weighted by Gasteiger charge is -2.10. The number of nitrogens with zero attached hydrogens (tertiary/aromatic N) is 1. The summed E-state index contributed by atoms with van der Waals surface area (Å²) in [5.74, 6) is 0. The fourth-order valence-corrected chi connectivity index (χ4v) is 1.32. The second-order valence-corrected chi connectivity index (χ2v) is 3.57. The molecule has 0 aliphatic carbocycles. The van der Waals surface area contributed by atoms with Crippen LogP contribution in [0.5, 0.6) is 0 Å². The molecule has 0 aromatic heterocycles. The van der Waals surface area contributed by atoms with Gasteiger partial charge in [-0.3, -0.25) is 0 Å². The molecular formula is C11H11ClN2O3. The van der Waals surface area contributed by atoms with Crippen LogP contribution in [0.15, 0.2) is 24.3 Å². The van der Waals surface area contributed by atoms with Gasteiger partial charge in [0.25, 0.3) is 0 Å². The van der Waals surface area contributed by atoms with Crippen molar-refractivity contribution in [1.82, 2.24) is 0 Å². The van der Waals surface area contributed by atoms with Crippen LogP contribution in [0.3, 0.4) is 0 Å². The molecule has 1 amide bonds. The molecule has 1 unspecified atom stereocenters. The van der Waals surface area contributed by atoms with Gasteiger partial charge in [-0.05, 0) is 11.6 Å². The first kappa shape index (κ1) is 13.3. The van der Waals surface area contributed by atoms with Gasteiger partial charge in [0.2, 0.25) is 6.10 Å². The minimum absolute atomic E-state index is 0.0509. The Morgan fingerprint density at radius 1 is 1.53 bits per heavy atom. The highest BCUT2D eigenvalue weighted by Crippen LogP contribution is 2.15. The van der Waals surface area contributed by atoms with Crippen molar-refractivity contribution in [2.24, 2.45) is 5.73 Å². The number of hydrogen-bond donors (Lipinski definition) is 1. The van der Waals surface area contributed by atoms with E-state index in [0.717, 1.165) is 5.56 Å². The summed E-state index contributed by atoms with van der Waals surface area (Å²) in [6, 6.07) is 8.93. The van der Waals surface area contributed by atoms with E-state index in [2.05, 4.69) is 4.74 Å². The summed E-state index contributed by atoms with van der Waals surface area (Å²) in [7, 11) is 0. The second kappa shape index (κ2) is 6.74. The molecule has 0 heterocycles.